The maximum atomic E-state index is 13.4. The molecule has 1 atom stereocenters. The Bertz CT molecular complexity index is 823. The van der Waals surface area contributed by atoms with E-state index >= 15 is 0 Å². The summed E-state index contributed by atoms with van der Waals surface area (Å²) in [6, 6.07) is 8.81. The third-order valence-corrected chi connectivity index (χ3v) is 5.45. The van der Waals surface area contributed by atoms with E-state index < -0.39 is 0 Å². The summed E-state index contributed by atoms with van der Waals surface area (Å²) >= 11 is 6.10. The van der Waals surface area contributed by atoms with E-state index in [9.17, 15) is 4.39 Å². The second-order valence-corrected chi connectivity index (χ2v) is 7.70. The highest BCUT2D eigenvalue weighted by Gasteiger charge is 2.23. The first-order valence-corrected chi connectivity index (χ1v) is 10.2. The zero-order valence-electron chi connectivity index (χ0n) is 17.6. The van der Waals surface area contributed by atoms with Crippen LogP contribution in [0.3, 0.4) is 0 Å². The molecule has 1 aliphatic heterocycles. The van der Waals surface area contributed by atoms with Gasteiger partial charge in [0.25, 0.3) is 0 Å². The molecule has 30 heavy (non-hydrogen) atoms. The zero-order valence-corrected chi connectivity index (χ0v) is 20.7. The van der Waals surface area contributed by atoms with E-state index in [1.54, 1.807) is 7.05 Å². The second-order valence-electron chi connectivity index (χ2n) is 7.26. The molecule has 0 saturated carbocycles. The normalized spacial score (nSPS) is 16.1. The highest BCUT2D eigenvalue weighted by Crippen LogP contribution is 2.22. The van der Waals surface area contributed by atoms with Crippen molar-refractivity contribution in [3.8, 4) is 0 Å². The van der Waals surface area contributed by atoms with Crippen molar-refractivity contribution < 1.29 is 9.13 Å². The minimum atomic E-state index is -0.223. The third kappa shape index (κ3) is 6.57. The van der Waals surface area contributed by atoms with Crippen LogP contribution in [0, 0.1) is 5.82 Å². The summed E-state index contributed by atoms with van der Waals surface area (Å²) < 4.78 is 20.9. The minimum absolute atomic E-state index is 0. The lowest BCUT2D eigenvalue weighted by atomic mass is 10.0. The van der Waals surface area contributed by atoms with Crippen molar-refractivity contribution in [2.24, 2.45) is 12.0 Å². The first kappa shape index (κ1) is 24.9. The number of nitrogens with one attached hydrogen (secondary N) is 1. The van der Waals surface area contributed by atoms with Gasteiger partial charge in [0.2, 0.25) is 0 Å². The monoisotopic (exact) mass is 549 g/mol. The number of morpholine rings is 1. The number of hydrogen-bond donors (Lipinski definition) is 1. The number of ether oxygens (including phenoxy) is 1. The fraction of sp³-hybridized carbons (Fsp3) is 0.476. The number of halogens is 3. The molecule has 0 aliphatic carbocycles. The van der Waals surface area contributed by atoms with Gasteiger partial charge in [-0.05, 0) is 23.8 Å². The first-order chi connectivity index (χ1) is 14.0. The van der Waals surface area contributed by atoms with Crippen LogP contribution in [0.2, 0.25) is 5.02 Å². The maximum Gasteiger partial charge on any atom is 0.193 e. The van der Waals surface area contributed by atoms with Crippen molar-refractivity contribution in [3.05, 3.63) is 58.6 Å². The molecule has 0 spiro atoms. The third-order valence-electron chi connectivity index (χ3n) is 5.24. The van der Waals surface area contributed by atoms with Crippen LogP contribution in [0.5, 0.6) is 0 Å². The summed E-state index contributed by atoms with van der Waals surface area (Å²) in [4.78, 5) is 8.86. The molecule has 0 bridgehead atoms. The van der Waals surface area contributed by atoms with Crippen molar-refractivity contribution in [1.82, 2.24) is 19.7 Å². The van der Waals surface area contributed by atoms with E-state index in [2.05, 4.69) is 20.1 Å². The van der Waals surface area contributed by atoms with E-state index in [0.29, 0.717) is 26.3 Å². The molecule has 1 N–H and O–H groups in total. The van der Waals surface area contributed by atoms with Gasteiger partial charge in [-0.25, -0.2) is 4.39 Å². The molecule has 0 radical (unpaired) electrons. The largest absolute Gasteiger partial charge is 0.379 e. The fourth-order valence-corrected chi connectivity index (χ4v) is 3.92. The number of guanidine groups is 1. The second kappa shape index (κ2) is 11.9. The van der Waals surface area contributed by atoms with Crippen LogP contribution in [-0.2, 0) is 18.3 Å². The molecule has 1 unspecified atom stereocenters. The van der Waals surface area contributed by atoms with Gasteiger partial charge in [-0.3, -0.25) is 9.89 Å². The fourth-order valence-electron chi connectivity index (χ4n) is 3.65. The highest BCUT2D eigenvalue weighted by molar-refractivity contribution is 14.0. The topological polar surface area (TPSA) is 45.0 Å². The summed E-state index contributed by atoms with van der Waals surface area (Å²) in [5.41, 5.74) is 2.18. The number of nitrogens with zero attached hydrogens (tertiary/aromatic N) is 4. The van der Waals surface area contributed by atoms with Gasteiger partial charge in [0.1, 0.15) is 5.82 Å². The van der Waals surface area contributed by atoms with Gasteiger partial charge in [0, 0.05) is 52.7 Å². The van der Waals surface area contributed by atoms with Crippen molar-refractivity contribution in [1.29, 1.82) is 0 Å². The van der Waals surface area contributed by atoms with E-state index in [1.165, 1.54) is 12.1 Å². The van der Waals surface area contributed by atoms with Crippen molar-refractivity contribution >= 4 is 41.5 Å². The van der Waals surface area contributed by atoms with Gasteiger partial charge in [-0.2, -0.15) is 0 Å². The van der Waals surface area contributed by atoms with Crippen LogP contribution >= 0.6 is 35.6 Å². The number of aromatic nitrogens is 1. The van der Waals surface area contributed by atoms with Crippen molar-refractivity contribution in [2.45, 2.75) is 12.6 Å². The number of benzene rings is 1. The molecule has 166 valence electrons. The molecule has 2 heterocycles. The zero-order chi connectivity index (χ0) is 20.8. The Kier molecular flexibility index (Phi) is 9.86. The molecule has 0 amide bonds. The van der Waals surface area contributed by atoms with Crippen LogP contribution in [0.4, 0.5) is 4.39 Å². The van der Waals surface area contributed by atoms with Crippen LogP contribution < -0.4 is 5.32 Å². The van der Waals surface area contributed by atoms with Crippen LogP contribution in [0.15, 0.2) is 41.5 Å². The number of rotatable bonds is 6. The summed E-state index contributed by atoms with van der Waals surface area (Å²) in [6.07, 6.45) is 1.89. The van der Waals surface area contributed by atoms with Crippen molar-refractivity contribution in [2.75, 3.05) is 46.9 Å². The lowest BCUT2D eigenvalue weighted by Gasteiger charge is -2.35. The Labute approximate surface area is 200 Å². The number of aryl methyl sites for hydroxylation is 1. The predicted octanol–water partition coefficient (Wildman–Crippen LogP) is 3.52. The van der Waals surface area contributed by atoms with E-state index in [-0.39, 0.29) is 35.8 Å². The Morgan fingerprint density at radius 3 is 2.53 bits per heavy atom. The summed E-state index contributed by atoms with van der Waals surface area (Å²) in [5, 5.41) is 4.21. The smallest absolute Gasteiger partial charge is 0.193 e. The summed E-state index contributed by atoms with van der Waals surface area (Å²) in [5.74, 6) is 0.571. The van der Waals surface area contributed by atoms with Gasteiger partial charge in [-0.15, -0.1) is 24.0 Å². The number of hydrogen-bond acceptors (Lipinski definition) is 3. The SMILES string of the molecule is CN=C(NCC(c1ccc(F)cc1)N1CCOCC1)N(C)Cc1cc(Cl)cn1C.I. The van der Waals surface area contributed by atoms with Crippen molar-refractivity contribution in [3.63, 3.8) is 0 Å². The molecule has 3 rings (SSSR count). The van der Waals surface area contributed by atoms with Gasteiger partial charge in [0.15, 0.2) is 5.96 Å². The lowest BCUT2D eigenvalue weighted by Crippen LogP contribution is -2.46. The van der Waals surface area contributed by atoms with Crippen LogP contribution in [0.1, 0.15) is 17.3 Å². The van der Waals surface area contributed by atoms with Gasteiger partial charge in [-0.1, -0.05) is 23.7 Å². The molecule has 2 aromatic rings. The first-order valence-electron chi connectivity index (χ1n) is 9.77. The van der Waals surface area contributed by atoms with Gasteiger partial charge < -0.3 is 19.5 Å². The van der Waals surface area contributed by atoms with E-state index in [4.69, 9.17) is 16.3 Å². The predicted molar refractivity (Wildman–Crippen MR) is 130 cm³/mol. The van der Waals surface area contributed by atoms with Crippen LogP contribution in [0.25, 0.3) is 0 Å². The average molecular weight is 550 g/mol. The molecule has 6 nitrogen and oxygen atoms in total. The van der Waals surface area contributed by atoms with Gasteiger partial charge >= 0.3 is 0 Å². The molecule has 1 aromatic carbocycles. The molecular weight excluding hydrogens is 520 g/mol. The molecule has 1 saturated heterocycles. The Balaban J connectivity index is 0.00000320. The molecule has 1 aromatic heterocycles. The quantitative estimate of drug-likeness (QED) is 0.340. The lowest BCUT2D eigenvalue weighted by molar-refractivity contribution is 0.0169. The standard InChI is InChI=1S/C21H29ClFN5O.HI/c1-24-21(27(3)15-19-12-17(22)14-26(19)2)25-13-20(28-8-10-29-11-9-28)16-4-6-18(23)7-5-16;/h4-7,12,14,20H,8-11,13,15H2,1-3H3,(H,24,25);1H. The van der Waals surface area contributed by atoms with E-state index in [0.717, 1.165) is 35.3 Å². The van der Waals surface area contributed by atoms with Crippen LogP contribution in [-0.4, -0.2) is 67.3 Å². The summed E-state index contributed by atoms with van der Waals surface area (Å²) in [7, 11) is 5.75. The highest BCUT2D eigenvalue weighted by atomic mass is 127. The number of aliphatic imine (C=N–C) groups is 1. The molecule has 1 fully saturated rings. The average Bonchev–Trinajstić information content (AvgIpc) is 3.03. The minimum Gasteiger partial charge on any atom is -0.379 e. The Morgan fingerprint density at radius 2 is 1.97 bits per heavy atom. The Hall–Kier alpha value is -1.36. The molecule has 9 heteroatoms. The Morgan fingerprint density at radius 1 is 1.30 bits per heavy atom. The molecular formula is C21H30ClFIN5O. The summed E-state index contributed by atoms with van der Waals surface area (Å²) in [6.45, 7) is 4.46. The molecule has 1 aliphatic rings. The van der Waals surface area contributed by atoms with Gasteiger partial charge in [0.05, 0.1) is 30.8 Å². The maximum absolute atomic E-state index is 13.4. The van der Waals surface area contributed by atoms with E-state index in [1.807, 2.05) is 43.1 Å².